The van der Waals surface area contributed by atoms with Crippen molar-refractivity contribution in [3.63, 3.8) is 0 Å². The predicted octanol–water partition coefficient (Wildman–Crippen LogP) is 2.43. The zero-order valence-electron chi connectivity index (χ0n) is 12.9. The number of nitrogens with zero attached hydrogens (tertiary/aromatic N) is 2. The number of hydrogen-bond acceptors (Lipinski definition) is 4. The summed E-state index contributed by atoms with van der Waals surface area (Å²) >= 11 is 1.78. The summed E-state index contributed by atoms with van der Waals surface area (Å²) in [5.74, 6) is 0. The molecule has 1 aliphatic heterocycles. The van der Waals surface area contributed by atoms with Crippen LogP contribution in [0.3, 0.4) is 0 Å². The highest BCUT2D eigenvalue weighted by molar-refractivity contribution is 7.98. The summed E-state index contributed by atoms with van der Waals surface area (Å²) in [4.78, 5) is 6.39. The van der Waals surface area contributed by atoms with Crippen LogP contribution >= 0.6 is 11.8 Å². The molecule has 0 amide bonds. The van der Waals surface area contributed by atoms with Gasteiger partial charge in [0.25, 0.3) is 0 Å². The van der Waals surface area contributed by atoms with E-state index in [-0.39, 0.29) is 0 Å². The van der Waals surface area contributed by atoms with Gasteiger partial charge < -0.3 is 5.73 Å². The van der Waals surface area contributed by atoms with Gasteiger partial charge in [-0.3, -0.25) is 9.80 Å². The maximum atomic E-state index is 6.04. The minimum Gasteiger partial charge on any atom is -0.329 e. The Kier molecular flexibility index (Phi) is 5.90. The van der Waals surface area contributed by atoms with E-state index in [2.05, 4.69) is 54.2 Å². The maximum Gasteiger partial charge on any atom is 0.0471 e. The smallest absolute Gasteiger partial charge is 0.0471 e. The van der Waals surface area contributed by atoms with Gasteiger partial charge in [-0.2, -0.15) is 0 Å². The minimum atomic E-state index is 0.361. The fourth-order valence-electron chi connectivity index (χ4n) is 2.89. The SMILES string of the molecule is CSc1ccc(C(CN)N2CCN(C(C)C)CC2)cc1. The van der Waals surface area contributed by atoms with Crippen LogP contribution in [0.1, 0.15) is 25.5 Å². The molecule has 2 N–H and O–H groups in total. The van der Waals surface area contributed by atoms with E-state index in [0.29, 0.717) is 18.6 Å². The van der Waals surface area contributed by atoms with Gasteiger partial charge in [0.1, 0.15) is 0 Å². The van der Waals surface area contributed by atoms with Crippen molar-refractivity contribution in [3.8, 4) is 0 Å². The van der Waals surface area contributed by atoms with E-state index in [1.807, 2.05) is 0 Å². The summed E-state index contributed by atoms with van der Waals surface area (Å²) < 4.78 is 0. The molecular formula is C16H27N3S. The molecule has 2 rings (SSSR count). The van der Waals surface area contributed by atoms with Crippen molar-refractivity contribution in [1.29, 1.82) is 0 Å². The van der Waals surface area contributed by atoms with Crippen LogP contribution in [-0.4, -0.2) is 54.8 Å². The second-order valence-corrected chi connectivity index (χ2v) is 6.57. The highest BCUT2D eigenvalue weighted by Crippen LogP contribution is 2.24. The molecule has 3 nitrogen and oxygen atoms in total. The van der Waals surface area contributed by atoms with Gasteiger partial charge in [0.15, 0.2) is 0 Å². The average molecular weight is 293 g/mol. The molecule has 1 aliphatic rings. The topological polar surface area (TPSA) is 32.5 Å². The first kappa shape index (κ1) is 15.8. The summed E-state index contributed by atoms with van der Waals surface area (Å²) in [6.07, 6.45) is 2.11. The Bertz CT molecular complexity index is 397. The van der Waals surface area contributed by atoms with E-state index in [0.717, 1.165) is 26.2 Å². The van der Waals surface area contributed by atoms with Gasteiger partial charge in [-0.25, -0.2) is 0 Å². The number of rotatable bonds is 5. The van der Waals surface area contributed by atoms with Crippen LogP contribution in [0, 0.1) is 0 Å². The van der Waals surface area contributed by atoms with E-state index in [9.17, 15) is 0 Å². The van der Waals surface area contributed by atoms with Crippen molar-refractivity contribution < 1.29 is 0 Å². The van der Waals surface area contributed by atoms with Gasteiger partial charge in [-0.05, 0) is 37.8 Å². The third-order valence-corrected chi connectivity index (χ3v) is 4.99. The first-order chi connectivity index (χ1) is 9.65. The second kappa shape index (κ2) is 7.46. The van der Waals surface area contributed by atoms with Crippen molar-refractivity contribution >= 4 is 11.8 Å². The molecule has 1 aromatic carbocycles. The molecule has 0 bridgehead atoms. The van der Waals surface area contributed by atoms with Gasteiger partial charge >= 0.3 is 0 Å². The average Bonchev–Trinajstić information content (AvgIpc) is 2.49. The number of thioether (sulfide) groups is 1. The molecule has 20 heavy (non-hydrogen) atoms. The van der Waals surface area contributed by atoms with Crippen LogP contribution in [0.25, 0.3) is 0 Å². The number of nitrogens with two attached hydrogens (primary N) is 1. The Morgan fingerprint density at radius 3 is 2.05 bits per heavy atom. The fraction of sp³-hybridized carbons (Fsp3) is 0.625. The Morgan fingerprint density at radius 2 is 1.60 bits per heavy atom. The van der Waals surface area contributed by atoms with E-state index in [4.69, 9.17) is 5.73 Å². The lowest BCUT2D eigenvalue weighted by molar-refractivity contribution is 0.0802. The largest absolute Gasteiger partial charge is 0.329 e. The third-order valence-electron chi connectivity index (χ3n) is 4.24. The van der Waals surface area contributed by atoms with Gasteiger partial charge in [0.2, 0.25) is 0 Å². The van der Waals surface area contributed by atoms with Crippen LogP contribution in [0.2, 0.25) is 0 Å². The van der Waals surface area contributed by atoms with Crippen molar-refractivity contribution in [3.05, 3.63) is 29.8 Å². The third kappa shape index (κ3) is 3.76. The Morgan fingerprint density at radius 1 is 1.05 bits per heavy atom. The lowest BCUT2D eigenvalue weighted by Crippen LogP contribution is -2.50. The predicted molar refractivity (Wildman–Crippen MR) is 88.3 cm³/mol. The highest BCUT2D eigenvalue weighted by atomic mass is 32.2. The summed E-state index contributed by atoms with van der Waals surface area (Å²) in [7, 11) is 0. The summed E-state index contributed by atoms with van der Waals surface area (Å²) in [6, 6.07) is 9.88. The van der Waals surface area contributed by atoms with Crippen molar-refractivity contribution in [2.24, 2.45) is 5.73 Å². The van der Waals surface area contributed by atoms with E-state index >= 15 is 0 Å². The van der Waals surface area contributed by atoms with Crippen molar-refractivity contribution in [2.45, 2.75) is 30.8 Å². The molecule has 112 valence electrons. The molecule has 0 aromatic heterocycles. The summed E-state index contributed by atoms with van der Waals surface area (Å²) in [6.45, 7) is 9.78. The molecule has 0 spiro atoms. The Labute approximate surface area is 127 Å². The fourth-order valence-corrected chi connectivity index (χ4v) is 3.30. The molecule has 4 heteroatoms. The lowest BCUT2D eigenvalue weighted by Gasteiger charge is -2.40. The molecule has 1 atom stereocenters. The zero-order chi connectivity index (χ0) is 14.5. The molecule has 1 saturated heterocycles. The standard InChI is InChI=1S/C16H27N3S/c1-13(2)18-8-10-19(11-9-18)16(12-17)14-4-6-15(20-3)7-5-14/h4-7,13,16H,8-12,17H2,1-3H3. The van der Waals surface area contributed by atoms with Gasteiger partial charge in [-0.15, -0.1) is 11.8 Å². The van der Waals surface area contributed by atoms with Crippen LogP contribution in [0.4, 0.5) is 0 Å². The van der Waals surface area contributed by atoms with Crippen molar-refractivity contribution in [2.75, 3.05) is 39.0 Å². The lowest BCUT2D eigenvalue weighted by atomic mass is 10.0. The Balaban J connectivity index is 2.01. The molecule has 0 saturated carbocycles. The number of hydrogen-bond donors (Lipinski definition) is 1. The maximum absolute atomic E-state index is 6.04. The first-order valence-corrected chi connectivity index (χ1v) is 8.70. The Hall–Kier alpha value is -0.550. The zero-order valence-corrected chi connectivity index (χ0v) is 13.7. The second-order valence-electron chi connectivity index (χ2n) is 5.69. The first-order valence-electron chi connectivity index (χ1n) is 7.47. The molecule has 1 heterocycles. The molecule has 1 aromatic rings. The van der Waals surface area contributed by atoms with Crippen LogP contribution in [0.5, 0.6) is 0 Å². The van der Waals surface area contributed by atoms with E-state index < -0.39 is 0 Å². The molecule has 1 unspecified atom stereocenters. The highest BCUT2D eigenvalue weighted by Gasteiger charge is 2.24. The summed E-state index contributed by atoms with van der Waals surface area (Å²) in [5.41, 5.74) is 7.39. The molecule has 1 fully saturated rings. The van der Waals surface area contributed by atoms with Gasteiger partial charge in [0.05, 0.1) is 0 Å². The van der Waals surface area contributed by atoms with Crippen LogP contribution in [0.15, 0.2) is 29.2 Å². The van der Waals surface area contributed by atoms with Crippen LogP contribution < -0.4 is 5.73 Å². The van der Waals surface area contributed by atoms with Gasteiger partial charge in [0, 0.05) is 49.7 Å². The molecular weight excluding hydrogens is 266 g/mol. The van der Waals surface area contributed by atoms with Crippen molar-refractivity contribution in [1.82, 2.24) is 9.80 Å². The normalized spacial score (nSPS) is 19.4. The molecule has 0 aliphatic carbocycles. The van der Waals surface area contributed by atoms with E-state index in [1.54, 1.807) is 11.8 Å². The summed E-state index contributed by atoms with van der Waals surface area (Å²) in [5, 5.41) is 0. The molecule has 0 radical (unpaired) electrons. The van der Waals surface area contributed by atoms with E-state index in [1.165, 1.54) is 10.5 Å². The van der Waals surface area contributed by atoms with Crippen LogP contribution in [-0.2, 0) is 0 Å². The number of piperazine rings is 1. The van der Waals surface area contributed by atoms with Gasteiger partial charge in [-0.1, -0.05) is 12.1 Å². The minimum absolute atomic E-state index is 0.361. The quantitative estimate of drug-likeness (QED) is 0.845. The number of benzene rings is 1. The monoisotopic (exact) mass is 293 g/mol.